The molecular weight excluding hydrogens is 492 g/mol. The lowest BCUT2D eigenvalue weighted by atomic mass is 10.2. The highest BCUT2D eigenvalue weighted by atomic mass is 32.1. The third-order valence-corrected chi connectivity index (χ3v) is 7.66. The first-order valence-electron chi connectivity index (χ1n) is 12.2. The number of amides is 3. The molecule has 1 atom stereocenters. The zero-order chi connectivity index (χ0) is 25.4. The van der Waals surface area contributed by atoms with E-state index in [1.54, 1.807) is 6.20 Å². The molecule has 37 heavy (non-hydrogen) atoms. The quantitative estimate of drug-likeness (QED) is 0.535. The number of ether oxygens (including phenoxy) is 1. The Labute approximate surface area is 217 Å². The van der Waals surface area contributed by atoms with Gasteiger partial charge in [0.05, 0.1) is 5.69 Å². The molecule has 11 heteroatoms. The fourth-order valence-corrected chi connectivity index (χ4v) is 5.62. The Bertz CT molecular complexity index is 1340. The van der Waals surface area contributed by atoms with E-state index < -0.39 is 0 Å². The Morgan fingerprint density at radius 2 is 1.92 bits per heavy atom. The molecular formula is C26H26N6O4S. The summed E-state index contributed by atoms with van der Waals surface area (Å²) in [6.07, 6.45) is 2.11. The Kier molecular flexibility index (Phi) is 6.23. The van der Waals surface area contributed by atoms with Crippen LogP contribution in [0.5, 0.6) is 5.75 Å². The van der Waals surface area contributed by atoms with Crippen molar-refractivity contribution in [1.82, 2.24) is 14.8 Å². The summed E-state index contributed by atoms with van der Waals surface area (Å²) < 4.78 is 5.42. The summed E-state index contributed by atoms with van der Waals surface area (Å²) in [5.41, 5.74) is 3.11. The van der Waals surface area contributed by atoms with E-state index in [4.69, 9.17) is 4.74 Å². The highest BCUT2D eigenvalue weighted by molar-refractivity contribution is 7.11. The number of nitrogens with one attached hydrogen (secondary N) is 2. The van der Waals surface area contributed by atoms with Gasteiger partial charge in [-0.05, 0) is 36.4 Å². The van der Waals surface area contributed by atoms with E-state index in [1.807, 2.05) is 57.6 Å². The van der Waals surface area contributed by atoms with Crippen LogP contribution in [0.15, 0.2) is 54.0 Å². The van der Waals surface area contributed by atoms with Crippen LogP contribution in [0.2, 0.25) is 0 Å². The number of piperazine rings is 1. The normalized spacial score (nSPS) is 19.8. The van der Waals surface area contributed by atoms with E-state index in [-0.39, 0.29) is 30.4 Å². The van der Waals surface area contributed by atoms with Gasteiger partial charge in [0.1, 0.15) is 5.75 Å². The minimum absolute atomic E-state index is 0.0167. The summed E-state index contributed by atoms with van der Waals surface area (Å²) in [4.78, 5) is 47.3. The van der Waals surface area contributed by atoms with Gasteiger partial charge in [-0.15, -0.1) is 11.3 Å². The Morgan fingerprint density at radius 1 is 1.08 bits per heavy atom. The van der Waals surface area contributed by atoms with Gasteiger partial charge in [0.15, 0.2) is 11.6 Å². The lowest BCUT2D eigenvalue weighted by Gasteiger charge is -2.37. The largest absolute Gasteiger partial charge is 0.482 e. The lowest BCUT2D eigenvalue weighted by molar-refractivity contribution is -0.119. The number of hydrogen-bond donors (Lipinski definition) is 2. The molecule has 10 nitrogen and oxygen atoms in total. The Hall–Kier alpha value is -3.96. The van der Waals surface area contributed by atoms with Crippen LogP contribution in [0.4, 0.5) is 22.7 Å². The van der Waals surface area contributed by atoms with Gasteiger partial charge in [0.25, 0.3) is 11.8 Å². The zero-order valence-corrected chi connectivity index (χ0v) is 20.9. The molecule has 1 aromatic heterocycles. The topological polar surface area (TPSA) is 107 Å². The molecule has 2 saturated heterocycles. The van der Waals surface area contributed by atoms with Crippen LogP contribution in [-0.2, 0) is 9.59 Å². The fourth-order valence-electron chi connectivity index (χ4n) is 5.02. The second kappa shape index (κ2) is 9.83. The molecule has 0 saturated carbocycles. The first kappa shape index (κ1) is 23.4. The van der Waals surface area contributed by atoms with Crippen molar-refractivity contribution >= 4 is 51.8 Å². The van der Waals surface area contributed by atoms with Crippen LogP contribution in [0.1, 0.15) is 16.2 Å². The molecule has 0 radical (unpaired) electrons. The van der Waals surface area contributed by atoms with E-state index in [9.17, 15) is 14.4 Å². The molecule has 3 aliphatic rings. The van der Waals surface area contributed by atoms with Crippen molar-refractivity contribution < 1.29 is 19.1 Å². The van der Waals surface area contributed by atoms with Crippen molar-refractivity contribution in [3.05, 3.63) is 59.0 Å². The molecule has 3 amide bonds. The molecule has 3 aliphatic heterocycles. The smallest absolute Gasteiger partial charge is 0.282 e. The molecule has 190 valence electrons. The van der Waals surface area contributed by atoms with Crippen LogP contribution < -0.4 is 20.3 Å². The molecule has 0 spiro atoms. The highest BCUT2D eigenvalue weighted by Crippen LogP contribution is 2.33. The molecule has 2 N–H and O–H groups in total. The van der Waals surface area contributed by atoms with Crippen LogP contribution in [-0.4, -0.2) is 77.9 Å². The number of rotatable bonds is 5. The monoisotopic (exact) mass is 518 g/mol. The number of benzene rings is 2. The van der Waals surface area contributed by atoms with E-state index in [2.05, 4.69) is 20.5 Å². The molecule has 0 bridgehead atoms. The fraction of sp³-hybridized carbons (Fsp3) is 0.308. The third-order valence-electron chi connectivity index (χ3n) is 6.90. The Balaban J connectivity index is 1.09. The Morgan fingerprint density at radius 3 is 2.73 bits per heavy atom. The minimum Gasteiger partial charge on any atom is -0.482 e. The molecule has 2 fully saturated rings. The molecule has 4 heterocycles. The summed E-state index contributed by atoms with van der Waals surface area (Å²) in [5, 5.41) is 8.51. The van der Waals surface area contributed by atoms with Gasteiger partial charge in [0.2, 0.25) is 5.91 Å². The summed E-state index contributed by atoms with van der Waals surface area (Å²) in [6.45, 7) is 3.38. The predicted octanol–water partition coefficient (Wildman–Crippen LogP) is 2.78. The molecule has 1 unspecified atom stereocenters. The van der Waals surface area contributed by atoms with Crippen LogP contribution >= 0.6 is 11.3 Å². The van der Waals surface area contributed by atoms with Crippen molar-refractivity contribution in [2.75, 3.05) is 54.9 Å². The SMILES string of the molecule is O=C1COc2ccc(Nc3cccc(N4CC(N5CCN(C(=O)c6nccs6)CC5)CC4=O)c3)cc2N1. The van der Waals surface area contributed by atoms with Crippen molar-refractivity contribution in [2.45, 2.75) is 12.5 Å². The first-order chi connectivity index (χ1) is 18.0. The first-order valence-corrected chi connectivity index (χ1v) is 13.1. The van der Waals surface area contributed by atoms with Crippen LogP contribution in [0.25, 0.3) is 0 Å². The highest BCUT2D eigenvalue weighted by Gasteiger charge is 2.36. The number of fused-ring (bicyclic) bond motifs is 1. The van der Waals surface area contributed by atoms with Crippen molar-refractivity contribution in [2.24, 2.45) is 0 Å². The molecule has 0 aliphatic carbocycles. The third kappa shape index (κ3) is 4.87. The number of nitrogens with zero attached hydrogens (tertiary/aromatic N) is 4. The number of anilines is 4. The van der Waals surface area contributed by atoms with E-state index in [1.165, 1.54) is 11.3 Å². The van der Waals surface area contributed by atoms with E-state index >= 15 is 0 Å². The molecule has 2 aromatic carbocycles. The summed E-state index contributed by atoms with van der Waals surface area (Å²) in [7, 11) is 0. The van der Waals surface area contributed by atoms with Gasteiger partial charge in [0, 0.05) is 73.8 Å². The van der Waals surface area contributed by atoms with Gasteiger partial charge < -0.3 is 25.2 Å². The zero-order valence-electron chi connectivity index (χ0n) is 20.1. The van der Waals surface area contributed by atoms with Gasteiger partial charge in [-0.3, -0.25) is 19.3 Å². The number of carbonyl (C=O) groups is 3. The predicted molar refractivity (Wildman–Crippen MR) is 141 cm³/mol. The van der Waals surface area contributed by atoms with Crippen molar-refractivity contribution in [1.29, 1.82) is 0 Å². The van der Waals surface area contributed by atoms with Crippen molar-refractivity contribution in [3.63, 3.8) is 0 Å². The van der Waals surface area contributed by atoms with Crippen LogP contribution in [0, 0.1) is 0 Å². The van der Waals surface area contributed by atoms with Gasteiger partial charge in [-0.25, -0.2) is 4.98 Å². The average Bonchev–Trinajstić information content (AvgIpc) is 3.59. The van der Waals surface area contributed by atoms with Gasteiger partial charge in [-0.2, -0.15) is 0 Å². The molecule has 6 rings (SSSR count). The number of thiazole rings is 1. The van der Waals surface area contributed by atoms with Crippen LogP contribution in [0.3, 0.4) is 0 Å². The summed E-state index contributed by atoms with van der Waals surface area (Å²) in [6, 6.07) is 13.4. The molecule has 3 aromatic rings. The maximum atomic E-state index is 13.0. The standard InChI is InChI=1S/C26H26N6O4S/c33-23-16-36-22-5-4-18(13-21(22)29-23)28-17-2-1-3-19(12-17)32-15-20(14-24(32)34)30-7-9-31(10-8-30)26(35)25-27-6-11-37-25/h1-6,11-13,20,28H,7-10,14-16H2,(H,29,33). The number of aromatic nitrogens is 1. The second-order valence-electron chi connectivity index (χ2n) is 9.25. The minimum atomic E-state index is -0.179. The summed E-state index contributed by atoms with van der Waals surface area (Å²) in [5.74, 6) is 0.538. The van der Waals surface area contributed by atoms with Gasteiger partial charge in [-0.1, -0.05) is 6.07 Å². The van der Waals surface area contributed by atoms with E-state index in [0.717, 1.165) is 30.2 Å². The van der Waals surface area contributed by atoms with E-state index in [0.29, 0.717) is 42.5 Å². The maximum absolute atomic E-state index is 13.0. The summed E-state index contributed by atoms with van der Waals surface area (Å²) >= 11 is 1.36. The number of hydrogen-bond acceptors (Lipinski definition) is 8. The average molecular weight is 519 g/mol. The number of carbonyl (C=O) groups excluding carboxylic acids is 3. The lowest BCUT2D eigenvalue weighted by Crippen LogP contribution is -2.52. The van der Waals surface area contributed by atoms with Gasteiger partial charge >= 0.3 is 0 Å². The maximum Gasteiger partial charge on any atom is 0.282 e. The van der Waals surface area contributed by atoms with Crippen molar-refractivity contribution in [3.8, 4) is 5.75 Å². The second-order valence-corrected chi connectivity index (χ2v) is 10.1.